The first kappa shape index (κ1) is 18.2. The molecular weight excluding hydrogens is 332 g/mol. The molecule has 19 heavy (non-hydrogen) atoms. The lowest BCUT2D eigenvalue weighted by atomic mass is 10.1. The van der Waals surface area contributed by atoms with Gasteiger partial charge in [-0.3, -0.25) is 4.79 Å². The maximum Gasteiger partial charge on any atom is 0.226 e. The van der Waals surface area contributed by atoms with Crippen molar-refractivity contribution in [3.05, 3.63) is 28.2 Å². The molecule has 1 amide bonds. The zero-order valence-corrected chi connectivity index (χ0v) is 13.8. The second-order valence-electron chi connectivity index (χ2n) is 4.05. The zero-order valence-electron chi connectivity index (χ0n) is 11.4. The molecule has 0 heterocycles. The minimum absolute atomic E-state index is 0. The van der Waals surface area contributed by atoms with Crippen LogP contribution in [0.2, 0.25) is 0 Å². The summed E-state index contributed by atoms with van der Waals surface area (Å²) in [5, 5.41) is 3.02. The summed E-state index contributed by atoms with van der Waals surface area (Å²) in [5.41, 5.74) is 0.896. The predicted octanol–water partition coefficient (Wildman–Crippen LogP) is 2.10. The molecule has 0 fully saturated rings. The van der Waals surface area contributed by atoms with Gasteiger partial charge in [0.05, 0.1) is 13.5 Å². The zero-order chi connectivity index (χ0) is 13.5. The molecule has 0 aromatic heterocycles. The molecule has 6 heteroatoms. The van der Waals surface area contributed by atoms with Crippen LogP contribution in [0.4, 0.5) is 0 Å². The first-order chi connectivity index (χ1) is 8.58. The van der Waals surface area contributed by atoms with E-state index in [4.69, 9.17) is 4.74 Å². The molecule has 0 aliphatic heterocycles. The number of methoxy groups -OCH3 is 1. The van der Waals surface area contributed by atoms with E-state index in [0.717, 1.165) is 22.3 Å². The molecule has 1 N–H and O–H groups in total. The first-order valence-electron chi connectivity index (χ1n) is 5.79. The first-order valence-corrected chi connectivity index (χ1v) is 6.58. The van der Waals surface area contributed by atoms with Gasteiger partial charge in [0.1, 0.15) is 5.75 Å². The van der Waals surface area contributed by atoms with Crippen LogP contribution in [0.1, 0.15) is 5.56 Å². The van der Waals surface area contributed by atoms with Crippen molar-refractivity contribution in [1.82, 2.24) is 10.2 Å². The van der Waals surface area contributed by atoms with Gasteiger partial charge < -0.3 is 15.0 Å². The fourth-order valence-corrected chi connectivity index (χ4v) is 2.00. The minimum Gasteiger partial charge on any atom is -0.496 e. The highest BCUT2D eigenvalue weighted by Crippen LogP contribution is 2.23. The van der Waals surface area contributed by atoms with Crippen LogP contribution < -0.4 is 10.1 Å². The summed E-state index contributed by atoms with van der Waals surface area (Å²) in [6, 6.07) is 5.68. The van der Waals surface area contributed by atoms with E-state index in [9.17, 15) is 4.79 Å². The van der Waals surface area contributed by atoms with E-state index in [2.05, 4.69) is 21.2 Å². The Balaban J connectivity index is 0.00000324. The molecule has 0 radical (unpaired) electrons. The van der Waals surface area contributed by atoms with Crippen LogP contribution >= 0.6 is 28.3 Å². The van der Waals surface area contributed by atoms with Gasteiger partial charge >= 0.3 is 0 Å². The van der Waals surface area contributed by atoms with E-state index >= 15 is 0 Å². The molecule has 0 saturated heterocycles. The van der Waals surface area contributed by atoms with Crippen molar-refractivity contribution in [2.75, 3.05) is 34.3 Å². The van der Waals surface area contributed by atoms with Gasteiger partial charge in [0.25, 0.3) is 0 Å². The van der Waals surface area contributed by atoms with Crippen LogP contribution in [0.15, 0.2) is 22.7 Å². The lowest BCUT2D eigenvalue weighted by Gasteiger charge is -2.17. The summed E-state index contributed by atoms with van der Waals surface area (Å²) in [7, 11) is 5.29. The SMILES string of the molecule is CNCCN(C)C(=O)Cc1cc(Br)ccc1OC.Cl. The number of nitrogens with zero attached hydrogens (tertiary/aromatic N) is 1. The number of benzene rings is 1. The highest BCUT2D eigenvalue weighted by molar-refractivity contribution is 9.10. The van der Waals surface area contributed by atoms with Crippen LogP contribution in [0.5, 0.6) is 5.75 Å². The van der Waals surface area contributed by atoms with E-state index in [-0.39, 0.29) is 18.3 Å². The Hall–Kier alpha value is -0.780. The molecule has 0 saturated carbocycles. The molecule has 0 spiro atoms. The summed E-state index contributed by atoms with van der Waals surface area (Å²) in [5.74, 6) is 0.829. The van der Waals surface area contributed by atoms with Gasteiger partial charge in [-0.2, -0.15) is 0 Å². The van der Waals surface area contributed by atoms with Crippen molar-refractivity contribution < 1.29 is 9.53 Å². The van der Waals surface area contributed by atoms with Gasteiger partial charge in [0.15, 0.2) is 0 Å². The van der Waals surface area contributed by atoms with Gasteiger partial charge in [-0.15, -0.1) is 12.4 Å². The number of likely N-dealkylation sites (N-methyl/N-ethyl adjacent to an activating group) is 2. The number of hydrogen-bond donors (Lipinski definition) is 1. The lowest BCUT2D eigenvalue weighted by molar-refractivity contribution is -0.129. The lowest BCUT2D eigenvalue weighted by Crippen LogP contribution is -2.33. The van der Waals surface area contributed by atoms with Crippen LogP contribution in [0.3, 0.4) is 0 Å². The van der Waals surface area contributed by atoms with E-state index in [1.54, 1.807) is 12.0 Å². The Bertz CT molecular complexity index is 416. The third kappa shape index (κ3) is 5.80. The molecule has 0 unspecified atom stereocenters. The Morgan fingerprint density at radius 3 is 2.74 bits per heavy atom. The Morgan fingerprint density at radius 1 is 1.47 bits per heavy atom. The molecule has 4 nitrogen and oxygen atoms in total. The summed E-state index contributed by atoms with van der Waals surface area (Å²) in [4.78, 5) is 13.7. The molecule has 0 atom stereocenters. The van der Waals surface area contributed by atoms with Crippen molar-refractivity contribution in [1.29, 1.82) is 0 Å². The van der Waals surface area contributed by atoms with Gasteiger partial charge in [-0.05, 0) is 25.2 Å². The van der Waals surface area contributed by atoms with Crippen LogP contribution in [0.25, 0.3) is 0 Å². The Morgan fingerprint density at radius 2 is 2.16 bits per heavy atom. The number of carbonyl (C=O) groups is 1. The fraction of sp³-hybridized carbons (Fsp3) is 0.462. The topological polar surface area (TPSA) is 41.6 Å². The second kappa shape index (κ2) is 9.18. The molecule has 1 aromatic carbocycles. The number of carbonyl (C=O) groups excluding carboxylic acids is 1. The molecule has 0 bridgehead atoms. The molecule has 1 rings (SSSR count). The van der Waals surface area contributed by atoms with Crippen molar-refractivity contribution in [2.45, 2.75) is 6.42 Å². The summed E-state index contributed by atoms with van der Waals surface area (Å²) in [6.07, 6.45) is 0.350. The predicted molar refractivity (Wildman–Crippen MR) is 83.2 cm³/mol. The normalized spacial score (nSPS) is 9.68. The van der Waals surface area contributed by atoms with Gasteiger partial charge in [-0.25, -0.2) is 0 Å². The van der Waals surface area contributed by atoms with Crippen molar-refractivity contribution >= 4 is 34.2 Å². The average Bonchev–Trinajstić information content (AvgIpc) is 2.36. The standard InChI is InChI=1S/C13H19BrN2O2.ClH/c1-15-6-7-16(2)13(17)9-10-8-11(14)4-5-12(10)18-3;/h4-5,8,15H,6-7,9H2,1-3H3;1H. The number of ether oxygens (including phenoxy) is 1. The summed E-state index contributed by atoms with van der Waals surface area (Å²) in [6.45, 7) is 1.49. The largest absolute Gasteiger partial charge is 0.496 e. The summed E-state index contributed by atoms with van der Waals surface area (Å²) >= 11 is 3.40. The highest BCUT2D eigenvalue weighted by atomic mass is 79.9. The van der Waals surface area contributed by atoms with E-state index in [0.29, 0.717) is 13.0 Å². The van der Waals surface area contributed by atoms with Gasteiger partial charge in [0.2, 0.25) is 5.91 Å². The number of hydrogen-bond acceptors (Lipinski definition) is 3. The maximum absolute atomic E-state index is 12.0. The van der Waals surface area contributed by atoms with Crippen molar-refractivity contribution in [3.63, 3.8) is 0 Å². The van der Waals surface area contributed by atoms with Crippen molar-refractivity contribution in [3.8, 4) is 5.75 Å². The van der Waals surface area contributed by atoms with E-state index < -0.39 is 0 Å². The van der Waals surface area contributed by atoms with Gasteiger partial charge in [-0.1, -0.05) is 15.9 Å². The van der Waals surface area contributed by atoms with E-state index in [1.807, 2.05) is 32.3 Å². The monoisotopic (exact) mass is 350 g/mol. The number of amides is 1. The molecule has 0 aliphatic rings. The number of rotatable bonds is 6. The molecule has 0 aliphatic carbocycles. The third-order valence-electron chi connectivity index (χ3n) is 2.71. The smallest absolute Gasteiger partial charge is 0.226 e. The van der Waals surface area contributed by atoms with Crippen LogP contribution in [-0.4, -0.2) is 45.1 Å². The van der Waals surface area contributed by atoms with Crippen molar-refractivity contribution in [2.24, 2.45) is 0 Å². The molecule has 1 aromatic rings. The molecule has 108 valence electrons. The van der Waals surface area contributed by atoms with Crippen LogP contribution in [-0.2, 0) is 11.2 Å². The minimum atomic E-state index is 0. The number of nitrogens with one attached hydrogen (secondary N) is 1. The number of halogens is 2. The van der Waals surface area contributed by atoms with Crippen LogP contribution in [0, 0.1) is 0 Å². The fourth-order valence-electron chi connectivity index (χ4n) is 1.59. The highest BCUT2D eigenvalue weighted by Gasteiger charge is 2.12. The quantitative estimate of drug-likeness (QED) is 0.853. The second-order valence-corrected chi connectivity index (χ2v) is 4.97. The Kier molecular flexibility index (Phi) is 8.80. The summed E-state index contributed by atoms with van der Waals surface area (Å²) < 4.78 is 6.21. The maximum atomic E-state index is 12.0. The third-order valence-corrected chi connectivity index (χ3v) is 3.20. The Labute approximate surface area is 129 Å². The van der Waals surface area contributed by atoms with E-state index in [1.165, 1.54) is 0 Å². The van der Waals surface area contributed by atoms with Gasteiger partial charge in [0, 0.05) is 30.2 Å². The molecular formula is C13H20BrClN2O2. The average molecular weight is 352 g/mol.